The van der Waals surface area contributed by atoms with E-state index in [1.165, 1.54) is 4.31 Å². The minimum atomic E-state index is -3.75. The van der Waals surface area contributed by atoms with E-state index in [-0.39, 0.29) is 23.4 Å². The largest absolute Gasteiger partial charge is 0.494 e. The number of piperidine rings is 1. The van der Waals surface area contributed by atoms with Crippen molar-refractivity contribution < 1.29 is 17.9 Å². The highest BCUT2D eigenvalue weighted by Gasteiger charge is 2.33. The molecule has 0 bridgehead atoms. The fourth-order valence-electron chi connectivity index (χ4n) is 4.19. The van der Waals surface area contributed by atoms with Gasteiger partial charge in [-0.05, 0) is 69.5 Å². The third-order valence-electron chi connectivity index (χ3n) is 6.03. The first kappa shape index (κ1) is 24.2. The Morgan fingerprint density at radius 3 is 2.68 bits per heavy atom. The maximum atomic E-state index is 13.3. The highest BCUT2D eigenvalue weighted by atomic mass is 32.2. The molecule has 0 aliphatic carbocycles. The number of carbonyl (C=O) groups is 1. The Bertz CT molecular complexity index is 1250. The van der Waals surface area contributed by atoms with E-state index in [4.69, 9.17) is 4.74 Å². The zero-order valence-corrected chi connectivity index (χ0v) is 20.6. The molecule has 9 nitrogen and oxygen atoms in total. The van der Waals surface area contributed by atoms with E-state index in [9.17, 15) is 13.2 Å². The first-order chi connectivity index (χ1) is 16.3. The number of amides is 1. The van der Waals surface area contributed by atoms with Crippen LogP contribution < -0.4 is 10.1 Å². The maximum absolute atomic E-state index is 13.3. The van der Waals surface area contributed by atoms with Crippen molar-refractivity contribution in [2.45, 2.75) is 51.1 Å². The molecule has 182 valence electrons. The molecule has 10 heteroatoms. The van der Waals surface area contributed by atoms with Gasteiger partial charge < -0.3 is 10.1 Å². The summed E-state index contributed by atoms with van der Waals surface area (Å²) in [6.07, 6.45) is 1.29. The summed E-state index contributed by atoms with van der Waals surface area (Å²) in [6.45, 7) is 7.45. The van der Waals surface area contributed by atoms with E-state index in [1.807, 2.05) is 45.0 Å². The molecule has 2 aromatic carbocycles. The second kappa shape index (κ2) is 10.1. The summed E-state index contributed by atoms with van der Waals surface area (Å²) >= 11 is 0. The third-order valence-corrected chi connectivity index (χ3v) is 7.89. The van der Waals surface area contributed by atoms with Crippen LogP contribution in [0.25, 0.3) is 11.0 Å². The second-order valence-electron chi connectivity index (χ2n) is 8.78. The van der Waals surface area contributed by atoms with Gasteiger partial charge in [-0.3, -0.25) is 4.79 Å². The second-order valence-corrected chi connectivity index (χ2v) is 10.7. The molecule has 4 rings (SSSR count). The van der Waals surface area contributed by atoms with Gasteiger partial charge in [0.1, 0.15) is 11.3 Å². The zero-order chi connectivity index (χ0) is 24.3. The van der Waals surface area contributed by atoms with E-state index in [0.29, 0.717) is 38.1 Å². The van der Waals surface area contributed by atoms with Gasteiger partial charge in [0.15, 0.2) is 0 Å². The molecule has 1 aromatic heterocycles. The number of hydrogen-bond donors (Lipinski definition) is 1. The molecule has 1 atom stereocenters. The van der Waals surface area contributed by atoms with Crippen LogP contribution in [-0.4, -0.2) is 53.3 Å². The molecule has 2 heterocycles. The van der Waals surface area contributed by atoms with Crippen LogP contribution in [0.15, 0.2) is 47.4 Å². The van der Waals surface area contributed by atoms with Gasteiger partial charge >= 0.3 is 0 Å². The molecule has 3 aromatic rings. The number of nitrogens with zero attached hydrogens (tertiary/aromatic N) is 4. The van der Waals surface area contributed by atoms with Gasteiger partial charge in [-0.25, -0.2) is 13.1 Å². The summed E-state index contributed by atoms with van der Waals surface area (Å²) in [4.78, 5) is 13.0. The molecule has 1 N–H and O–H groups in total. The fourth-order valence-corrected chi connectivity index (χ4v) is 5.74. The Balaban J connectivity index is 1.42. The molecule has 0 radical (unpaired) electrons. The smallest absolute Gasteiger partial charge is 0.243 e. The van der Waals surface area contributed by atoms with Crippen LogP contribution in [0.2, 0.25) is 0 Å². The Morgan fingerprint density at radius 2 is 1.97 bits per heavy atom. The van der Waals surface area contributed by atoms with Crippen LogP contribution in [-0.2, 0) is 21.4 Å². The lowest BCUT2D eigenvalue weighted by Gasteiger charge is -2.31. The number of carbonyl (C=O) groups excluding carboxylic acids is 1. The van der Waals surface area contributed by atoms with Gasteiger partial charge in [-0.1, -0.05) is 17.3 Å². The van der Waals surface area contributed by atoms with E-state index < -0.39 is 15.9 Å². The molecule has 34 heavy (non-hydrogen) atoms. The number of aromatic nitrogens is 3. The van der Waals surface area contributed by atoms with Crippen LogP contribution in [0.5, 0.6) is 5.75 Å². The van der Waals surface area contributed by atoms with Crippen LogP contribution in [0, 0.1) is 5.92 Å². The minimum absolute atomic E-state index is 0.122. The number of fused-ring (bicyclic) bond motifs is 1. The molecule has 0 spiro atoms. The highest BCUT2D eigenvalue weighted by molar-refractivity contribution is 7.89. The summed E-state index contributed by atoms with van der Waals surface area (Å²) in [6, 6.07) is 12.6. The van der Waals surface area contributed by atoms with Crippen molar-refractivity contribution in [3.63, 3.8) is 0 Å². The monoisotopic (exact) mass is 485 g/mol. The minimum Gasteiger partial charge on any atom is -0.494 e. The average molecular weight is 486 g/mol. The van der Waals surface area contributed by atoms with Gasteiger partial charge in [-0.15, -0.1) is 5.10 Å². The predicted octanol–water partition coefficient (Wildman–Crippen LogP) is 3.13. The number of nitrogens with one attached hydrogen (secondary N) is 1. The number of ether oxygens (including phenoxy) is 1. The highest BCUT2D eigenvalue weighted by Crippen LogP contribution is 2.26. The summed E-state index contributed by atoms with van der Waals surface area (Å²) in [7, 11) is -3.75. The van der Waals surface area contributed by atoms with E-state index >= 15 is 0 Å². The maximum Gasteiger partial charge on any atom is 0.243 e. The van der Waals surface area contributed by atoms with E-state index in [2.05, 4.69) is 15.6 Å². The quantitative estimate of drug-likeness (QED) is 0.525. The molecule has 1 aliphatic heterocycles. The van der Waals surface area contributed by atoms with Crippen LogP contribution in [0.3, 0.4) is 0 Å². The standard InChI is InChI=1S/C24H31N5O4S/c1-4-33-20-9-7-18(8-10-20)15-25-24(30)19-6-5-13-28(16-19)34(31,32)21-11-12-23-22(14-21)26-27-29(23)17(2)3/h7-12,14,17,19H,4-6,13,15-16H2,1-3H3,(H,25,30)/t19-/m1/s1. The van der Waals surface area contributed by atoms with Crippen molar-refractivity contribution >= 4 is 27.0 Å². The summed E-state index contributed by atoms with van der Waals surface area (Å²) in [5.74, 6) is 0.261. The number of hydrogen-bond acceptors (Lipinski definition) is 6. The molecule has 1 fully saturated rings. The Labute approximate surface area is 200 Å². The van der Waals surface area contributed by atoms with Crippen LogP contribution in [0.1, 0.15) is 45.2 Å². The first-order valence-electron chi connectivity index (χ1n) is 11.6. The molecule has 1 aliphatic rings. The number of sulfonamides is 1. The van der Waals surface area contributed by atoms with Crippen LogP contribution >= 0.6 is 0 Å². The Morgan fingerprint density at radius 1 is 1.21 bits per heavy atom. The Kier molecular flexibility index (Phi) is 7.18. The normalized spacial score (nSPS) is 17.2. The molecule has 0 unspecified atom stereocenters. The van der Waals surface area contributed by atoms with Gasteiger partial charge in [0.05, 0.1) is 22.9 Å². The SMILES string of the molecule is CCOc1ccc(CNC(=O)[C@@H]2CCCN(S(=O)(=O)c3ccc4c(c3)nnn4C(C)C)C2)cc1. The summed E-state index contributed by atoms with van der Waals surface area (Å²) in [5.41, 5.74) is 2.29. The lowest BCUT2D eigenvalue weighted by molar-refractivity contribution is -0.126. The topological polar surface area (TPSA) is 106 Å². The molecular formula is C24H31N5O4S. The molecular weight excluding hydrogens is 454 g/mol. The van der Waals surface area contributed by atoms with Gasteiger partial charge in [-0.2, -0.15) is 4.31 Å². The summed E-state index contributed by atoms with van der Waals surface area (Å²) in [5, 5.41) is 11.2. The number of rotatable bonds is 8. The Hall–Kier alpha value is -2.98. The van der Waals surface area contributed by atoms with Crippen molar-refractivity contribution in [1.82, 2.24) is 24.6 Å². The average Bonchev–Trinajstić information content (AvgIpc) is 3.27. The summed E-state index contributed by atoms with van der Waals surface area (Å²) < 4.78 is 35.3. The van der Waals surface area contributed by atoms with E-state index in [0.717, 1.165) is 16.8 Å². The van der Waals surface area contributed by atoms with Crippen molar-refractivity contribution in [2.24, 2.45) is 5.92 Å². The molecule has 1 amide bonds. The fraction of sp³-hybridized carbons (Fsp3) is 0.458. The third kappa shape index (κ3) is 5.07. The van der Waals surface area contributed by atoms with Crippen LogP contribution in [0.4, 0.5) is 0 Å². The predicted molar refractivity (Wildman–Crippen MR) is 129 cm³/mol. The first-order valence-corrected chi connectivity index (χ1v) is 13.1. The molecule has 0 saturated carbocycles. The lowest BCUT2D eigenvalue weighted by Crippen LogP contribution is -2.45. The van der Waals surface area contributed by atoms with Gasteiger partial charge in [0.2, 0.25) is 15.9 Å². The van der Waals surface area contributed by atoms with Crippen molar-refractivity contribution in [3.05, 3.63) is 48.0 Å². The molecule has 1 saturated heterocycles. The number of benzene rings is 2. The van der Waals surface area contributed by atoms with Crippen molar-refractivity contribution in [3.8, 4) is 5.75 Å². The lowest BCUT2D eigenvalue weighted by atomic mass is 9.99. The van der Waals surface area contributed by atoms with Gasteiger partial charge in [0, 0.05) is 25.7 Å². The van der Waals surface area contributed by atoms with Crippen molar-refractivity contribution in [2.75, 3.05) is 19.7 Å². The van der Waals surface area contributed by atoms with E-state index in [1.54, 1.807) is 22.9 Å². The zero-order valence-electron chi connectivity index (χ0n) is 19.8. The van der Waals surface area contributed by atoms with Crippen molar-refractivity contribution in [1.29, 1.82) is 0 Å². The van der Waals surface area contributed by atoms with Gasteiger partial charge in [0.25, 0.3) is 0 Å².